The van der Waals surface area contributed by atoms with Gasteiger partial charge in [0.2, 0.25) is 0 Å². The first-order valence-corrected chi connectivity index (χ1v) is 8.62. The van der Waals surface area contributed by atoms with Gasteiger partial charge in [0.05, 0.1) is 5.56 Å². The van der Waals surface area contributed by atoms with E-state index in [1.165, 1.54) is 18.5 Å². The Kier molecular flexibility index (Phi) is 7.61. The molecule has 0 saturated carbocycles. The van der Waals surface area contributed by atoms with E-state index in [1.54, 1.807) is 11.7 Å². The Morgan fingerprint density at radius 2 is 2.14 bits per heavy atom. The Balaban J connectivity index is 1.84. The van der Waals surface area contributed by atoms with Gasteiger partial charge in [0.1, 0.15) is 37.2 Å². The van der Waals surface area contributed by atoms with Gasteiger partial charge in [-0.05, 0) is 25.1 Å². The maximum atomic E-state index is 12.7. The largest absolute Gasteiger partial charge is 0.491 e. The number of hydrogen-bond acceptors (Lipinski definition) is 5. The molecule has 154 valence electrons. The zero-order chi connectivity index (χ0) is 20.6. The topological polar surface area (TPSA) is 96.6 Å². The molecule has 0 spiro atoms. The van der Waals surface area contributed by atoms with E-state index in [0.29, 0.717) is 24.9 Å². The van der Waals surface area contributed by atoms with E-state index in [9.17, 15) is 18.3 Å². The third kappa shape index (κ3) is 6.72. The van der Waals surface area contributed by atoms with Crippen molar-refractivity contribution in [3.05, 3.63) is 42.0 Å². The summed E-state index contributed by atoms with van der Waals surface area (Å²) in [6.07, 6.45) is -3.97. The zero-order valence-corrected chi connectivity index (χ0v) is 15.6. The smallest absolute Gasteiger partial charge is 0.416 e. The molecule has 28 heavy (non-hydrogen) atoms. The summed E-state index contributed by atoms with van der Waals surface area (Å²) in [6, 6.07) is 4.51. The maximum Gasteiger partial charge on any atom is 0.416 e. The third-order valence-corrected chi connectivity index (χ3v) is 3.64. The molecule has 1 aromatic heterocycles. The molecule has 0 bridgehead atoms. The lowest BCUT2D eigenvalue weighted by Crippen LogP contribution is -2.42. The molecule has 1 atom stereocenters. The minimum atomic E-state index is -4.44. The van der Waals surface area contributed by atoms with E-state index in [2.05, 4.69) is 25.7 Å². The highest BCUT2D eigenvalue weighted by Crippen LogP contribution is 2.31. The Hall–Kier alpha value is -2.82. The van der Waals surface area contributed by atoms with Crippen molar-refractivity contribution in [2.45, 2.75) is 25.7 Å². The van der Waals surface area contributed by atoms with Gasteiger partial charge in [0, 0.05) is 20.1 Å². The van der Waals surface area contributed by atoms with Gasteiger partial charge < -0.3 is 20.5 Å². The molecule has 0 radical (unpaired) electrons. The second-order valence-corrected chi connectivity index (χ2v) is 5.87. The quantitative estimate of drug-likeness (QED) is 0.457. The molecule has 11 heteroatoms. The SMILES string of the molecule is CCNC(=NCc1ncnn1C)NCC(O)COc1cccc(C(F)(F)F)c1. The van der Waals surface area contributed by atoms with Crippen LogP contribution in [-0.2, 0) is 19.8 Å². The average molecular weight is 400 g/mol. The van der Waals surface area contributed by atoms with Gasteiger partial charge in [-0.25, -0.2) is 9.98 Å². The Morgan fingerprint density at radius 1 is 1.36 bits per heavy atom. The molecule has 1 unspecified atom stereocenters. The van der Waals surface area contributed by atoms with Gasteiger partial charge in [-0.2, -0.15) is 18.3 Å². The van der Waals surface area contributed by atoms with E-state index >= 15 is 0 Å². The van der Waals surface area contributed by atoms with Crippen molar-refractivity contribution in [1.29, 1.82) is 0 Å². The van der Waals surface area contributed by atoms with E-state index < -0.39 is 17.8 Å². The molecule has 3 N–H and O–H groups in total. The summed E-state index contributed by atoms with van der Waals surface area (Å²) in [5.74, 6) is 1.17. The fraction of sp³-hybridized carbons (Fsp3) is 0.471. The molecule has 0 aliphatic carbocycles. The van der Waals surface area contributed by atoms with Crippen molar-refractivity contribution in [2.75, 3.05) is 19.7 Å². The summed E-state index contributed by atoms with van der Waals surface area (Å²) in [5.41, 5.74) is -0.803. The summed E-state index contributed by atoms with van der Waals surface area (Å²) >= 11 is 0. The molecule has 0 saturated heterocycles. The molecule has 1 aromatic carbocycles. The average Bonchev–Trinajstić information content (AvgIpc) is 3.06. The van der Waals surface area contributed by atoms with Crippen molar-refractivity contribution in [1.82, 2.24) is 25.4 Å². The molecule has 0 aliphatic heterocycles. The van der Waals surface area contributed by atoms with Crippen LogP contribution in [0.3, 0.4) is 0 Å². The second kappa shape index (κ2) is 9.93. The van der Waals surface area contributed by atoms with Gasteiger partial charge >= 0.3 is 6.18 Å². The number of halogens is 3. The maximum absolute atomic E-state index is 12.7. The Morgan fingerprint density at radius 3 is 2.79 bits per heavy atom. The van der Waals surface area contributed by atoms with Crippen LogP contribution in [0.1, 0.15) is 18.3 Å². The van der Waals surface area contributed by atoms with Crippen LogP contribution in [0, 0.1) is 0 Å². The van der Waals surface area contributed by atoms with Crippen LogP contribution >= 0.6 is 0 Å². The molecule has 0 fully saturated rings. The number of alkyl halides is 3. The van der Waals surface area contributed by atoms with Crippen LogP contribution in [0.2, 0.25) is 0 Å². The van der Waals surface area contributed by atoms with Crippen LogP contribution in [0.4, 0.5) is 13.2 Å². The summed E-state index contributed by atoms with van der Waals surface area (Å²) in [5, 5.41) is 20.0. The number of benzene rings is 1. The first-order chi connectivity index (χ1) is 13.3. The van der Waals surface area contributed by atoms with Crippen LogP contribution in [0.25, 0.3) is 0 Å². The summed E-state index contributed by atoms with van der Waals surface area (Å²) in [4.78, 5) is 8.41. The number of nitrogens with zero attached hydrogens (tertiary/aromatic N) is 4. The fourth-order valence-corrected chi connectivity index (χ4v) is 2.18. The predicted octanol–water partition coefficient (Wildman–Crippen LogP) is 1.33. The normalized spacial score (nSPS) is 13.3. The van der Waals surface area contributed by atoms with Crippen LogP contribution in [-0.4, -0.2) is 51.6 Å². The number of aliphatic imine (C=N–C) groups is 1. The number of aryl methyl sites for hydroxylation is 1. The molecule has 0 amide bonds. The Labute approximate surface area is 160 Å². The van der Waals surface area contributed by atoms with Crippen LogP contribution in [0.15, 0.2) is 35.6 Å². The number of ether oxygens (including phenoxy) is 1. The van der Waals surface area contributed by atoms with Gasteiger partial charge in [-0.3, -0.25) is 4.68 Å². The Bertz CT molecular complexity index is 778. The van der Waals surface area contributed by atoms with Crippen LogP contribution < -0.4 is 15.4 Å². The van der Waals surface area contributed by atoms with Crippen molar-refractivity contribution in [3.8, 4) is 5.75 Å². The third-order valence-electron chi connectivity index (χ3n) is 3.64. The summed E-state index contributed by atoms with van der Waals surface area (Å²) in [6.45, 7) is 2.73. The van der Waals surface area contributed by atoms with Gasteiger partial charge in [0.15, 0.2) is 5.96 Å². The van der Waals surface area contributed by atoms with E-state index in [4.69, 9.17) is 4.74 Å². The molecule has 1 heterocycles. The second-order valence-electron chi connectivity index (χ2n) is 5.87. The first-order valence-electron chi connectivity index (χ1n) is 8.62. The number of aliphatic hydroxyl groups is 1. The monoisotopic (exact) mass is 400 g/mol. The first kappa shape index (κ1) is 21.5. The number of hydrogen-bond donors (Lipinski definition) is 3. The summed E-state index contributed by atoms with van der Waals surface area (Å²) in [7, 11) is 1.76. The van der Waals surface area contributed by atoms with Gasteiger partial charge in [-0.1, -0.05) is 6.07 Å². The predicted molar refractivity (Wildman–Crippen MR) is 96.8 cm³/mol. The van der Waals surface area contributed by atoms with Crippen molar-refractivity contribution in [3.63, 3.8) is 0 Å². The molecule has 0 aliphatic rings. The lowest BCUT2D eigenvalue weighted by molar-refractivity contribution is -0.137. The van der Waals surface area contributed by atoms with E-state index in [0.717, 1.165) is 12.1 Å². The van der Waals surface area contributed by atoms with Crippen molar-refractivity contribution >= 4 is 5.96 Å². The minimum absolute atomic E-state index is 0.0386. The number of aromatic nitrogens is 3. The summed E-state index contributed by atoms with van der Waals surface area (Å²) < 4.78 is 45.0. The molecule has 2 rings (SSSR count). The minimum Gasteiger partial charge on any atom is -0.491 e. The highest BCUT2D eigenvalue weighted by molar-refractivity contribution is 5.79. The highest BCUT2D eigenvalue weighted by atomic mass is 19.4. The van der Waals surface area contributed by atoms with E-state index in [1.807, 2.05) is 6.92 Å². The van der Waals surface area contributed by atoms with Gasteiger partial charge in [-0.15, -0.1) is 0 Å². The van der Waals surface area contributed by atoms with Gasteiger partial charge in [0.25, 0.3) is 0 Å². The highest BCUT2D eigenvalue weighted by Gasteiger charge is 2.30. The van der Waals surface area contributed by atoms with Crippen LogP contribution in [0.5, 0.6) is 5.75 Å². The number of rotatable bonds is 8. The number of nitrogens with one attached hydrogen (secondary N) is 2. The lowest BCUT2D eigenvalue weighted by atomic mass is 10.2. The zero-order valence-electron chi connectivity index (χ0n) is 15.6. The number of guanidine groups is 1. The molecular weight excluding hydrogens is 377 g/mol. The molecular formula is C17H23F3N6O2. The molecule has 2 aromatic rings. The van der Waals surface area contributed by atoms with Crippen molar-refractivity contribution < 1.29 is 23.0 Å². The number of aliphatic hydroxyl groups excluding tert-OH is 1. The van der Waals surface area contributed by atoms with Crippen molar-refractivity contribution in [2.24, 2.45) is 12.0 Å². The standard InChI is InChI=1S/C17H23F3N6O2/c1-3-21-16(23-9-15-24-11-25-26(15)2)22-8-13(27)10-28-14-6-4-5-12(7-14)17(18,19)20/h4-7,11,13,27H,3,8-10H2,1-2H3,(H2,21,22,23). The van der Waals surface area contributed by atoms with E-state index in [-0.39, 0.29) is 18.9 Å². The lowest BCUT2D eigenvalue weighted by Gasteiger charge is -2.16. The molecule has 8 nitrogen and oxygen atoms in total. The fourth-order valence-electron chi connectivity index (χ4n) is 2.18.